The number of carbonyl (C=O) groups is 1. The Morgan fingerprint density at radius 1 is 1.00 bits per heavy atom. The van der Waals surface area contributed by atoms with Crippen LogP contribution in [0.2, 0.25) is 0 Å². The van der Waals surface area contributed by atoms with Gasteiger partial charge in [-0.15, -0.1) is 11.3 Å². The van der Waals surface area contributed by atoms with E-state index in [2.05, 4.69) is 25.2 Å². The van der Waals surface area contributed by atoms with E-state index in [9.17, 15) is 4.79 Å². The van der Waals surface area contributed by atoms with Gasteiger partial charge in [0.25, 0.3) is 5.91 Å². The Hall–Kier alpha value is -2.59. The molecule has 2 aromatic carbocycles. The second-order valence-corrected chi connectivity index (χ2v) is 7.09. The third kappa shape index (κ3) is 4.48. The molecule has 0 atom stereocenters. The van der Waals surface area contributed by atoms with Gasteiger partial charge in [0.1, 0.15) is 12.4 Å². The maximum atomic E-state index is 12.3. The number of nitrogens with one attached hydrogen (secondary N) is 1. The lowest BCUT2D eigenvalue weighted by Crippen LogP contribution is -2.10. The van der Waals surface area contributed by atoms with Gasteiger partial charge in [-0.1, -0.05) is 23.8 Å². The molecule has 0 unspecified atom stereocenters. The van der Waals surface area contributed by atoms with Gasteiger partial charge in [0, 0.05) is 11.3 Å². The van der Waals surface area contributed by atoms with Gasteiger partial charge in [0.05, 0.1) is 4.88 Å². The topological polar surface area (TPSA) is 38.3 Å². The molecule has 3 rings (SSSR count). The van der Waals surface area contributed by atoms with E-state index < -0.39 is 0 Å². The predicted octanol–water partition coefficient (Wildman–Crippen LogP) is 5.50. The van der Waals surface area contributed by atoms with Crippen LogP contribution in [0.4, 0.5) is 5.69 Å². The summed E-state index contributed by atoms with van der Waals surface area (Å²) in [5.41, 5.74) is 5.42. The molecule has 1 aromatic heterocycles. The Morgan fingerprint density at radius 3 is 2.48 bits per heavy atom. The van der Waals surface area contributed by atoms with Crippen LogP contribution in [0.3, 0.4) is 0 Å². The number of rotatable bonds is 5. The lowest BCUT2D eigenvalue weighted by molar-refractivity contribution is 0.103. The molecule has 1 heterocycles. The van der Waals surface area contributed by atoms with E-state index in [4.69, 9.17) is 4.74 Å². The van der Waals surface area contributed by atoms with Crippen molar-refractivity contribution in [1.29, 1.82) is 0 Å². The maximum Gasteiger partial charge on any atom is 0.265 e. The van der Waals surface area contributed by atoms with Gasteiger partial charge >= 0.3 is 0 Å². The first-order chi connectivity index (χ1) is 12.0. The highest BCUT2D eigenvalue weighted by atomic mass is 32.1. The van der Waals surface area contributed by atoms with E-state index in [0.29, 0.717) is 11.5 Å². The van der Waals surface area contributed by atoms with Crippen LogP contribution in [-0.2, 0) is 6.61 Å². The van der Waals surface area contributed by atoms with E-state index in [0.717, 1.165) is 17.0 Å². The summed E-state index contributed by atoms with van der Waals surface area (Å²) in [6, 6.07) is 15.7. The maximum absolute atomic E-state index is 12.3. The van der Waals surface area contributed by atoms with Crippen molar-refractivity contribution in [3.8, 4) is 5.75 Å². The zero-order chi connectivity index (χ0) is 17.8. The molecule has 0 saturated carbocycles. The second kappa shape index (κ2) is 7.53. The Balaban J connectivity index is 1.60. The Bertz CT molecular complexity index is 881. The van der Waals surface area contributed by atoms with Crippen molar-refractivity contribution < 1.29 is 9.53 Å². The fourth-order valence-corrected chi connectivity index (χ4v) is 3.16. The molecular weight excluding hydrogens is 330 g/mol. The van der Waals surface area contributed by atoms with E-state index in [1.807, 2.05) is 54.8 Å². The molecule has 3 aromatic rings. The van der Waals surface area contributed by atoms with Gasteiger partial charge < -0.3 is 10.1 Å². The highest BCUT2D eigenvalue weighted by molar-refractivity contribution is 7.12. The largest absolute Gasteiger partial charge is 0.489 e. The first-order valence-corrected chi connectivity index (χ1v) is 9.05. The summed E-state index contributed by atoms with van der Waals surface area (Å²) in [5, 5.41) is 4.88. The van der Waals surface area contributed by atoms with Crippen LogP contribution in [0.25, 0.3) is 0 Å². The highest BCUT2D eigenvalue weighted by Crippen LogP contribution is 2.21. The zero-order valence-corrected chi connectivity index (χ0v) is 15.4. The number of hydrogen-bond donors (Lipinski definition) is 1. The number of anilines is 1. The fraction of sp³-hybridized carbons (Fsp3) is 0.190. The minimum absolute atomic E-state index is 0.0914. The predicted molar refractivity (Wildman–Crippen MR) is 104 cm³/mol. The first kappa shape index (κ1) is 17.2. The second-order valence-electron chi connectivity index (χ2n) is 6.17. The third-order valence-electron chi connectivity index (χ3n) is 4.07. The molecule has 0 aliphatic carbocycles. The highest BCUT2D eigenvalue weighted by Gasteiger charge is 2.10. The third-order valence-corrected chi connectivity index (χ3v) is 5.05. The number of aryl methyl sites for hydroxylation is 3. The van der Waals surface area contributed by atoms with Crippen molar-refractivity contribution in [2.24, 2.45) is 0 Å². The molecule has 4 heteroatoms. The number of carbonyl (C=O) groups excluding carboxylic acids is 1. The van der Waals surface area contributed by atoms with Crippen molar-refractivity contribution in [1.82, 2.24) is 0 Å². The van der Waals surface area contributed by atoms with Crippen molar-refractivity contribution >= 4 is 22.9 Å². The summed E-state index contributed by atoms with van der Waals surface area (Å²) in [7, 11) is 0. The molecule has 0 spiro atoms. The quantitative estimate of drug-likeness (QED) is 0.659. The number of hydrogen-bond acceptors (Lipinski definition) is 3. The Kier molecular flexibility index (Phi) is 5.19. The van der Waals surface area contributed by atoms with Crippen LogP contribution < -0.4 is 10.1 Å². The summed E-state index contributed by atoms with van der Waals surface area (Å²) in [6.45, 7) is 6.63. The molecule has 1 N–H and O–H groups in total. The Morgan fingerprint density at radius 2 is 1.76 bits per heavy atom. The fourth-order valence-electron chi connectivity index (χ4n) is 2.37. The number of benzene rings is 2. The van der Waals surface area contributed by atoms with Gasteiger partial charge in [-0.2, -0.15) is 0 Å². The van der Waals surface area contributed by atoms with E-state index in [1.54, 1.807) is 0 Å². The summed E-state index contributed by atoms with van der Waals surface area (Å²) in [6.07, 6.45) is 0. The van der Waals surface area contributed by atoms with E-state index in [-0.39, 0.29) is 5.91 Å². The standard InChI is InChI=1S/C21H21NO2S/c1-14-4-7-18(8-5-14)22-21(23)20-11-17(13-25-20)12-24-19-9-6-15(2)16(3)10-19/h4-11,13H,12H2,1-3H3,(H,22,23). The molecular formula is C21H21NO2S. The van der Waals surface area contributed by atoms with Crippen molar-refractivity contribution in [3.05, 3.63) is 81.0 Å². The molecule has 1 amide bonds. The minimum Gasteiger partial charge on any atom is -0.489 e. The molecule has 3 nitrogen and oxygen atoms in total. The molecule has 128 valence electrons. The summed E-state index contributed by atoms with van der Waals surface area (Å²) < 4.78 is 5.83. The molecule has 0 aliphatic rings. The molecule has 0 fully saturated rings. The van der Waals surface area contributed by atoms with Crippen LogP contribution in [0.1, 0.15) is 31.9 Å². The van der Waals surface area contributed by atoms with Crippen LogP contribution in [0.5, 0.6) is 5.75 Å². The summed E-state index contributed by atoms with van der Waals surface area (Å²) in [4.78, 5) is 13.0. The van der Waals surface area contributed by atoms with Crippen LogP contribution in [-0.4, -0.2) is 5.91 Å². The lowest BCUT2D eigenvalue weighted by Gasteiger charge is -2.07. The smallest absolute Gasteiger partial charge is 0.265 e. The molecule has 0 radical (unpaired) electrons. The Labute approximate surface area is 152 Å². The van der Waals surface area contributed by atoms with Gasteiger partial charge in [-0.25, -0.2) is 0 Å². The van der Waals surface area contributed by atoms with Gasteiger partial charge in [-0.05, 0) is 67.6 Å². The minimum atomic E-state index is -0.0914. The lowest BCUT2D eigenvalue weighted by atomic mass is 10.1. The zero-order valence-electron chi connectivity index (χ0n) is 14.6. The normalized spacial score (nSPS) is 10.5. The van der Waals surface area contributed by atoms with E-state index in [1.165, 1.54) is 28.0 Å². The summed E-state index contributed by atoms with van der Waals surface area (Å²) >= 11 is 1.43. The average Bonchev–Trinajstić information content (AvgIpc) is 3.07. The van der Waals surface area contributed by atoms with Crippen molar-refractivity contribution in [2.45, 2.75) is 27.4 Å². The number of ether oxygens (including phenoxy) is 1. The first-order valence-electron chi connectivity index (χ1n) is 8.17. The average molecular weight is 351 g/mol. The number of amides is 1. The summed E-state index contributed by atoms with van der Waals surface area (Å²) in [5.74, 6) is 0.756. The van der Waals surface area contributed by atoms with Gasteiger partial charge in [0.2, 0.25) is 0 Å². The number of thiophene rings is 1. The monoisotopic (exact) mass is 351 g/mol. The molecule has 25 heavy (non-hydrogen) atoms. The van der Waals surface area contributed by atoms with Crippen LogP contribution in [0, 0.1) is 20.8 Å². The van der Waals surface area contributed by atoms with Crippen molar-refractivity contribution in [2.75, 3.05) is 5.32 Å². The SMILES string of the molecule is Cc1ccc(NC(=O)c2cc(COc3ccc(C)c(C)c3)cs2)cc1. The molecule has 0 saturated heterocycles. The van der Waals surface area contributed by atoms with Crippen LogP contribution in [0.15, 0.2) is 53.9 Å². The van der Waals surface area contributed by atoms with Gasteiger partial charge in [0.15, 0.2) is 0 Å². The molecule has 0 bridgehead atoms. The van der Waals surface area contributed by atoms with Gasteiger partial charge in [-0.3, -0.25) is 4.79 Å². The van der Waals surface area contributed by atoms with E-state index >= 15 is 0 Å². The van der Waals surface area contributed by atoms with Crippen molar-refractivity contribution in [3.63, 3.8) is 0 Å². The van der Waals surface area contributed by atoms with Crippen LogP contribution >= 0.6 is 11.3 Å². The molecule has 0 aliphatic heterocycles.